The van der Waals surface area contributed by atoms with E-state index in [-0.39, 0.29) is 0 Å². The Bertz CT molecular complexity index is 451. The van der Waals surface area contributed by atoms with Crippen molar-refractivity contribution in [3.05, 3.63) is 34.9 Å². The van der Waals surface area contributed by atoms with Crippen molar-refractivity contribution in [3.8, 4) is 0 Å². The summed E-state index contributed by atoms with van der Waals surface area (Å²) in [5, 5.41) is 11.0. The van der Waals surface area contributed by atoms with Gasteiger partial charge in [-0.15, -0.1) is 0 Å². The summed E-state index contributed by atoms with van der Waals surface area (Å²) in [4.78, 5) is 0. The third kappa shape index (κ3) is 1.99. The molecular weight excluding hydrogens is 220 g/mol. The minimum absolute atomic E-state index is 0.566. The molecule has 1 aromatic rings. The van der Waals surface area contributed by atoms with Crippen molar-refractivity contribution in [2.45, 2.75) is 58.0 Å². The van der Waals surface area contributed by atoms with E-state index in [1.807, 2.05) is 0 Å². The van der Waals surface area contributed by atoms with E-state index in [0.29, 0.717) is 5.92 Å². The van der Waals surface area contributed by atoms with Gasteiger partial charge >= 0.3 is 0 Å². The van der Waals surface area contributed by atoms with Crippen molar-refractivity contribution >= 4 is 0 Å². The zero-order valence-electron chi connectivity index (χ0n) is 11.6. The quantitative estimate of drug-likeness (QED) is 0.796. The largest absolute Gasteiger partial charge is 0.385 e. The highest BCUT2D eigenvalue weighted by Gasteiger charge is 2.37. The molecule has 18 heavy (non-hydrogen) atoms. The minimum atomic E-state index is -0.566. The van der Waals surface area contributed by atoms with Gasteiger partial charge in [0, 0.05) is 0 Å². The van der Waals surface area contributed by atoms with Crippen LogP contribution in [-0.4, -0.2) is 5.11 Å². The Hall–Kier alpha value is -0.820. The number of benzene rings is 1. The molecular formula is C17H24O. The molecule has 3 rings (SSSR count). The van der Waals surface area contributed by atoms with Crippen molar-refractivity contribution in [1.82, 2.24) is 0 Å². The van der Waals surface area contributed by atoms with Gasteiger partial charge in [-0.05, 0) is 67.1 Å². The van der Waals surface area contributed by atoms with E-state index in [2.05, 4.69) is 32.0 Å². The van der Waals surface area contributed by atoms with Crippen LogP contribution in [0.5, 0.6) is 0 Å². The molecule has 1 saturated carbocycles. The number of fused-ring (bicyclic) bond motifs is 1. The van der Waals surface area contributed by atoms with Crippen molar-refractivity contribution in [1.29, 1.82) is 0 Å². The fourth-order valence-corrected chi connectivity index (χ4v) is 3.71. The van der Waals surface area contributed by atoms with Gasteiger partial charge in [-0.1, -0.05) is 32.0 Å². The van der Waals surface area contributed by atoms with Gasteiger partial charge < -0.3 is 5.11 Å². The summed E-state index contributed by atoms with van der Waals surface area (Å²) in [6.45, 7) is 4.59. The predicted molar refractivity (Wildman–Crippen MR) is 74.5 cm³/mol. The first kappa shape index (κ1) is 12.2. The highest BCUT2D eigenvalue weighted by molar-refractivity contribution is 5.37. The van der Waals surface area contributed by atoms with Crippen molar-refractivity contribution < 1.29 is 5.11 Å². The zero-order chi connectivity index (χ0) is 12.8. The Labute approximate surface area is 110 Å². The molecule has 3 atom stereocenters. The SMILES string of the molecule is CC1CCC(O)(c2ccc3c(c2)CCC3)CC1C. The standard InChI is InChI=1S/C17H24O/c1-12-8-9-17(18,11-13(12)2)16-7-6-14-4-3-5-15(14)10-16/h6-7,10,12-13,18H,3-5,8-9,11H2,1-2H3. The number of hydrogen-bond donors (Lipinski definition) is 1. The molecule has 98 valence electrons. The monoisotopic (exact) mass is 244 g/mol. The van der Waals surface area contributed by atoms with Gasteiger partial charge in [0.1, 0.15) is 0 Å². The second-order valence-electron chi connectivity index (χ2n) is 6.57. The molecule has 1 heteroatoms. The van der Waals surface area contributed by atoms with Crippen LogP contribution in [0.2, 0.25) is 0 Å². The Kier molecular flexibility index (Phi) is 2.97. The van der Waals surface area contributed by atoms with Crippen LogP contribution in [0.15, 0.2) is 18.2 Å². The fraction of sp³-hybridized carbons (Fsp3) is 0.647. The molecule has 0 aromatic heterocycles. The lowest BCUT2D eigenvalue weighted by atomic mass is 9.70. The van der Waals surface area contributed by atoms with E-state index >= 15 is 0 Å². The Balaban J connectivity index is 1.89. The number of rotatable bonds is 1. The highest BCUT2D eigenvalue weighted by Crippen LogP contribution is 2.43. The highest BCUT2D eigenvalue weighted by atomic mass is 16.3. The van der Waals surface area contributed by atoms with Gasteiger partial charge in [0.25, 0.3) is 0 Å². The molecule has 0 amide bonds. The molecule has 1 aromatic carbocycles. The summed E-state index contributed by atoms with van der Waals surface area (Å²) in [7, 11) is 0. The molecule has 1 fully saturated rings. The van der Waals surface area contributed by atoms with Crippen molar-refractivity contribution in [3.63, 3.8) is 0 Å². The van der Waals surface area contributed by atoms with E-state index in [4.69, 9.17) is 0 Å². The smallest absolute Gasteiger partial charge is 0.0899 e. The van der Waals surface area contributed by atoms with Crippen LogP contribution in [-0.2, 0) is 18.4 Å². The van der Waals surface area contributed by atoms with Crippen LogP contribution in [0.25, 0.3) is 0 Å². The summed E-state index contributed by atoms with van der Waals surface area (Å²) in [5.41, 5.74) is 3.58. The van der Waals surface area contributed by atoms with E-state index < -0.39 is 5.60 Å². The lowest BCUT2D eigenvalue weighted by Crippen LogP contribution is -2.35. The maximum absolute atomic E-state index is 11.0. The molecule has 1 nitrogen and oxygen atoms in total. The molecule has 0 aliphatic heterocycles. The van der Waals surface area contributed by atoms with E-state index in [9.17, 15) is 5.11 Å². The maximum atomic E-state index is 11.0. The van der Waals surface area contributed by atoms with Crippen LogP contribution < -0.4 is 0 Å². The van der Waals surface area contributed by atoms with Gasteiger partial charge in [-0.2, -0.15) is 0 Å². The van der Waals surface area contributed by atoms with Crippen molar-refractivity contribution in [2.75, 3.05) is 0 Å². The zero-order valence-corrected chi connectivity index (χ0v) is 11.6. The lowest BCUT2D eigenvalue weighted by molar-refractivity contribution is -0.0336. The van der Waals surface area contributed by atoms with E-state index in [1.165, 1.54) is 36.0 Å². The second-order valence-corrected chi connectivity index (χ2v) is 6.57. The Morgan fingerprint density at radius 1 is 1.11 bits per heavy atom. The van der Waals surface area contributed by atoms with Crippen LogP contribution in [0.3, 0.4) is 0 Å². The normalized spacial score (nSPS) is 35.5. The molecule has 3 unspecified atom stereocenters. The molecule has 1 N–H and O–H groups in total. The number of hydrogen-bond acceptors (Lipinski definition) is 1. The Morgan fingerprint density at radius 2 is 1.89 bits per heavy atom. The maximum Gasteiger partial charge on any atom is 0.0899 e. The minimum Gasteiger partial charge on any atom is -0.385 e. The van der Waals surface area contributed by atoms with Gasteiger partial charge in [-0.25, -0.2) is 0 Å². The molecule has 0 saturated heterocycles. The average molecular weight is 244 g/mol. The molecule has 0 spiro atoms. The molecule has 2 aliphatic rings. The summed E-state index contributed by atoms with van der Waals surface area (Å²) < 4.78 is 0. The molecule has 0 heterocycles. The molecule has 0 bridgehead atoms. The summed E-state index contributed by atoms with van der Waals surface area (Å²) in [5.74, 6) is 1.37. The van der Waals surface area contributed by atoms with Crippen LogP contribution in [0, 0.1) is 11.8 Å². The Morgan fingerprint density at radius 3 is 2.67 bits per heavy atom. The summed E-state index contributed by atoms with van der Waals surface area (Å²) in [6.07, 6.45) is 6.70. The molecule has 0 radical (unpaired) electrons. The van der Waals surface area contributed by atoms with Crippen LogP contribution >= 0.6 is 0 Å². The van der Waals surface area contributed by atoms with E-state index in [1.54, 1.807) is 0 Å². The van der Waals surface area contributed by atoms with Gasteiger partial charge in [0.05, 0.1) is 5.60 Å². The third-order valence-corrected chi connectivity index (χ3v) is 5.28. The van der Waals surface area contributed by atoms with Crippen LogP contribution in [0.1, 0.15) is 56.2 Å². The lowest BCUT2D eigenvalue weighted by Gasteiger charge is -2.39. The number of aryl methyl sites for hydroxylation is 2. The van der Waals surface area contributed by atoms with Crippen molar-refractivity contribution in [2.24, 2.45) is 11.8 Å². The average Bonchev–Trinajstić information content (AvgIpc) is 2.81. The first-order valence-electron chi connectivity index (χ1n) is 7.43. The first-order valence-corrected chi connectivity index (χ1v) is 7.43. The topological polar surface area (TPSA) is 20.2 Å². The third-order valence-electron chi connectivity index (χ3n) is 5.28. The first-order chi connectivity index (χ1) is 8.58. The molecule has 2 aliphatic carbocycles. The summed E-state index contributed by atoms with van der Waals surface area (Å²) in [6, 6.07) is 6.70. The van der Waals surface area contributed by atoms with Gasteiger partial charge in [-0.3, -0.25) is 0 Å². The second kappa shape index (κ2) is 4.38. The predicted octanol–water partition coefficient (Wildman–Crippen LogP) is 3.82. The van der Waals surface area contributed by atoms with Crippen LogP contribution in [0.4, 0.5) is 0 Å². The fourth-order valence-electron chi connectivity index (χ4n) is 3.71. The van der Waals surface area contributed by atoms with Gasteiger partial charge in [0.2, 0.25) is 0 Å². The van der Waals surface area contributed by atoms with E-state index in [0.717, 1.165) is 25.2 Å². The summed E-state index contributed by atoms with van der Waals surface area (Å²) >= 11 is 0. The number of aliphatic hydroxyl groups is 1. The van der Waals surface area contributed by atoms with Gasteiger partial charge in [0.15, 0.2) is 0 Å².